The standard InChI is InChI=1S/C32H30ClN3O7S/c1-40-23-9-7-22(29(16-23)41-2)19-35(32-34-13-14-43-32)44(38,39)24-10-11-27-21(15-24)8-12-31(37)36(27)28-18-26(33)25(17-30(28)42-3)20-5-4-6-20/h7-18,20H,4-6,19H2,1-3H3. The molecule has 1 aliphatic rings. The van der Waals surface area contributed by atoms with Crippen LogP contribution >= 0.6 is 11.6 Å². The fourth-order valence-electron chi connectivity index (χ4n) is 5.42. The van der Waals surface area contributed by atoms with Crippen molar-refractivity contribution in [1.82, 2.24) is 9.55 Å². The van der Waals surface area contributed by atoms with Crippen LogP contribution in [-0.2, 0) is 16.6 Å². The molecule has 0 aliphatic heterocycles. The summed E-state index contributed by atoms with van der Waals surface area (Å²) in [7, 11) is 0.361. The van der Waals surface area contributed by atoms with E-state index in [0.717, 1.165) is 29.1 Å². The number of sulfonamides is 1. The molecule has 1 aliphatic carbocycles. The van der Waals surface area contributed by atoms with Gasteiger partial charge in [0.25, 0.3) is 15.6 Å². The number of hydrogen-bond acceptors (Lipinski definition) is 8. The third-order valence-corrected chi connectivity index (χ3v) is 10.0. The molecule has 0 N–H and O–H groups in total. The van der Waals surface area contributed by atoms with Gasteiger partial charge in [0.1, 0.15) is 23.5 Å². The van der Waals surface area contributed by atoms with Crippen molar-refractivity contribution in [2.45, 2.75) is 36.6 Å². The highest BCUT2D eigenvalue weighted by Gasteiger charge is 2.30. The zero-order valence-electron chi connectivity index (χ0n) is 24.3. The van der Waals surface area contributed by atoms with Crippen molar-refractivity contribution in [3.05, 3.63) is 99.6 Å². The third kappa shape index (κ3) is 5.26. The summed E-state index contributed by atoms with van der Waals surface area (Å²) in [5, 5.41) is 1.07. The van der Waals surface area contributed by atoms with Crippen LogP contribution in [0.5, 0.6) is 17.2 Å². The molecule has 0 saturated heterocycles. The van der Waals surface area contributed by atoms with Crippen molar-refractivity contribution in [3.8, 4) is 22.9 Å². The maximum atomic E-state index is 14.2. The average Bonchev–Trinajstić information content (AvgIpc) is 3.54. The summed E-state index contributed by atoms with van der Waals surface area (Å²) >= 11 is 6.71. The predicted molar refractivity (Wildman–Crippen MR) is 167 cm³/mol. The van der Waals surface area contributed by atoms with Crippen LogP contribution in [0.4, 0.5) is 6.01 Å². The van der Waals surface area contributed by atoms with E-state index in [1.54, 1.807) is 43.5 Å². The first-order valence-corrected chi connectivity index (χ1v) is 15.7. The molecule has 2 aromatic heterocycles. The number of pyridine rings is 1. The topological polar surface area (TPSA) is 113 Å². The van der Waals surface area contributed by atoms with E-state index < -0.39 is 10.0 Å². The Morgan fingerprint density at radius 2 is 1.77 bits per heavy atom. The molecule has 0 unspecified atom stereocenters. The number of anilines is 1. The highest BCUT2D eigenvalue weighted by atomic mass is 35.5. The van der Waals surface area contributed by atoms with E-state index in [9.17, 15) is 13.2 Å². The van der Waals surface area contributed by atoms with Crippen molar-refractivity contribution >= 4 is 38.5 Å². The van der Waals surface area contributed by atoms with Crippen molar-refractivity contribution in [1.29, 1.82) is 0 Å². The van der Waals surface area contributed by atoms with Gasteiger partial charge in [-0.25, -0.2) is 17.7 Å². The van der Waals surface area contributed by atoms with Crippen LogP contribution in [0.2, 0.25) is 5.02 Å². The zero-order valence-corrected chi connectivity index (χ0v) is 25.9. The normalized spacial score (nSPS) is 13.5. The summed E-state index contributed by atoms with van der Waals surface area (Å²) < 4.78 is 52.8. The summed E-state index contributed by atoms with van der Waals surface area (Å²) in [5.41, 5.74) is 2.22. The molecule has 10 nitrogen and oxygen atoms in total. The van der Waals surface area contributed by atoms with Gasteiger partial charge in [-0.05, 0) is 72.9 Å². The van der Waals surface area contributed by atoms with Crippen LogP contribution in [0.15, 0.2) is 87.2 Å². The van der Waals surface area contributed by atoms with Crippen molar-refractivity contribution in [2.75, 3.05) is 25.6 Å². The van der Waals surface area contributed by atoms with E-state index in [1.807, 2.05) is 6.07 Å². The minimum Gasteiger partial charge on any atom is -0.497 e. The van der Waals surface area contributed by atoms with Crippen LogP contribution in [0.1, 0.15) is 36.3 Å². The number of rotatable bonds is 10. The second kappa shape index (κ2) is 11.9. The van der Waals surface area contributed by atoms with Gasteiger partial charge >= 0.3 is 6.01 Å². The molecule has 2 heterocycles. The number of benzene rings is 3. The Labute approximate surface area is 259 Å². The maximum Gasteiger partial charge on any atom is 0.311 e. The molecule has 1 saturated carbocycles. The Morgan fingerprint density at radius 1 is 0.977 bits per heavy atom. The highest BCUT2D eigenvalue weighted by Crippen LogP contribution is 2.43. The predicted octanol–water partition coefficient (Wildman–Crippen LogP) is 6.32. The molecular weight excluding hydrogens is 606 g/mol. The minimum atomic E-state index is -4.22. The third-order valence-electron chi connectivity index (χ3n) is 7.98. The lowest BCUT2D eigenvalue weighted by atomic mass is 9.80. The van der Waals surface area contributed by atoms with E-state index in [1.165, 1.54) is 49.4 Å². The second-order valence-corrected chi connectivity index (χ2v) is 12.7. The lowest BCUT2D eigenvalue weighted by Gasteiger charge is -2.28. The number of ether oxygens (including phenoxy) is 3. The number of aromatic nitrogens is 2. The van der Waals surface area contributed by atoms with E-state index in [2.05, 4.69) is 4.98 Å². The van der Waals surface area contributed by atoms with Crippen molar-refractivity contribution in [2.24, 2.45) is 0 Å². The quantitative estimate of drug-likeness (QED) is 0.175. The molecule has 0 atom stereocenters. The summed E-state index contributed by atoms with van der Waals surface area (Å²) in [6.07, 6.45) is 5.95. The van der Waals surface area contributed by atoms with Gasteiger partial charge in [-0.2, -0.15) is 0 Å². The Morgan fingerprint density at radius 3 is 2.43 bits per heavy atom. The number of nitrogens with zero attached hydrogens (tertiary/aromatic N) is 3. The van der Waals surface area contributed by atoms with E-state index >= 15 is 0 Å². The number of fused-ring (bicyclic) bond motifs is 1. The van der Waals surface area contributed by atoms with Crippen molar-refractivity contribution in [3.63, 3.8) is 0 Å². The monoisotopic (exact) mass is 635 g/mol. The van der Waals surface area contributed by atoms with Gasteiger partial charge in [-0.1, -0.05) is 18.0 Å². The van der Waals surface area contributed by atoms with Crippen LogP contribution < -0.4 is 24.1 Å². The van der Waals surface area contributed by atoms with Crippen molar-refractivity contribution < 1.29 is 27.0 Å². The van der Waals surface area contributed by atoms with Gasteiger partial charge in [-0.15, -0.1) is 0 Å². The average molecular weight is 636 g/mol. The first-order chi connectivity index (χ1) is 21.2. The fourth-order valence-corrected chi connectivity index (χ4v) is 7.11. The summed E-state index contributed by atoms with van der Waals surface area (Å²) in [6, 6.07) is 16.2. The Bertz CT molecular complexity index is 2000. The molecule has 0 amide bonds. The van der Waals surface area contributed by atoms with Gasteiger partial charge < -0.3 is 18.6 Å². The molecule has 0 bridgehead atoms. The Hall–Kier alpha value is -4.48. The fraction of sp³-hybridized carbons (Fsp3) is 0.250. The van der Waals surface area contributed by atoms with E-state index in [4.69, 9.17) is 30.2 Å². The summed E-state index contributed by atoms with van der Waals surface area (Å²) in [4.78, 5) is 17.3. The zero-order chi connectivity index (χ0) is 31.0. The van der Waals surface area contributed by atoms with Gasteiger partial charge in [0.05, 0.1) is 50.2 Å². The minimum absolute atomic E-state index is 0.0220. The second-order valence-electron chi connectivity index (χ2n) is 10.4. The summed E-state index contributed by atoms with van der Waals surface area (Å²) in [5.74, 6) is 1.87. The number of oxazole rings is 1. The number of halogens is 1. The molecule has 0 radical (unpaired) electrons. The smallest absolute Gasteiger partial charge is 0.311 e. The Kier molecular flexibility index (Phi) is 8.00. The van der Waals surface area contributed by atoms with Gasteiger partial charge in [0.2, 0.25) is 0 Å². The largest absolute Gasteiger partial charge is 0.497 e. The molecule has 6 rings (SSSR count). The van der Waals surface area contributed by atoms with E-state index in [-0.39, 0.29) is 23.0 Å². The van der Waals surface area contributed by atoms with E-state index in [0.29, 0.717) is 50.3 Å². The van der Waals surface area contributed by atoms with Gasteiger partial charge in [0.15, 0.2) is 0 Å². The lowest BCUT2D eigenvalue weighted by Crippen LogP contribution is -2.31. The van der Waals surface area contributed by atoms with Crippen LogP contribution in [0.25, 0.3) is 16.6 Å². The number of hydrogen-bond donors (Lipinski definition) is 0. The lowest BCUT2D eigenvalue weighted by molar-refractivity contribution is 0.391. The Balaban J connectivity index is 1.44. The SMILES string of the molecule is COc1ccc(CN(c2ncco2)S(=O)(=O)c2ccc3c(ccc(=O)n3-c3cc(Cl)c(C4CCC4)cc3OC)c2)c(OC)c1. The molecule has 44 heavy (non-hydrogen) atoms. The molecular formula is C32H30ClN3O7S. The highest BCUT2D eigenvalue weighted by molar-refractivity contribution is 7.92. The molecule has 1 fully saturated rings. The number of methoxy groups -OCH3 is 3. The van der Waals surface area contributed by atoms with Crippen LogP contribution in [0, 0.1) is 0 Å². The maximum absolute atomic E-state index is 14.2. The van der Waals surface area contributed by atoms with Gasteiger partial charge in [0, 0.05) is 28.1 Å². The first kappa shape index (κ1) is 29.6. The molecule has 3 aromatic carbocycles. The van der Waals surface area contributed by atoms with Crippen LogP contribution in [-0.4, -0.2) is 39.3 Å². The molecule has 0 spiro atoms. The van der Waals surface area contributed by atoms with Gasteiger partial charge in [-0.3, -0.25) is 9.36 Å². The molecule has 12 heteroatoms. The van der Waals surface area contributed by atoms with Crippen LogP contribution in [0.3, 0.4) is 0 Å². The first-order valence-electron chi connectivity index (χ1n) is 13.9. The summed E-state index contributed by atoms with van der Waals surface area (Å²) in [6.45, 7) is -0.128. The molecule has 5 aromatic rings. The molecule has 228 valence electrons.